The molecule has 0 unspecified atom stereocenters. The predicted octanol–water partition coefficient (Wildman–Crippen LogP) is 4.63. The molecule has 6 nitrogen and oxygen atoms in total. The van der Waals surface area contributed by atoms with E-state index in [9.17, 15) is 22.8 Å². The van der Waals surface area contributed by atoms with Gasteiger partial charge in [-0.25, -0.2) is 0 Å². The van der Waals surface area contributed by atoms with Crippen LogP contribution in [0.5, 0.6) is 5.75 Å². The van der Waals surface area contributed by atoms with Gasteiger partial charge in [0.15, 0.2) is 6.61 Å². The summed E-state index contributed by atoms with van der Waals surface area (Å²) in [6, 6.07) is 16.9. The van der Waals surface area contributed by atoms with Gasteiger partial charge in [0, 0.05) is 17.3 Å². The van der Waals surface area contributed by atoms with Crippen molar-refractivity contribution in [3.05, 3.63) is 90.0 Å². The van der Waals surface area contributed by atoms with Gasteiger partial charge in [0.25, 0.3) is 11.8 Å². The molecule has 0 aliphatic carbocycles. The number of amides is 2. The van der Waals surface area contributed by atoms with Crippen LogP contribution in [0.3, 0.4) is 0 Å². The largest absolute Gasteiger partial charge is 0.484 e. The molecule has 0 bridgehead atoms. The van der Waals surface area contributed by atoms with Crippen molar-refractivity contribution < 1.29 is 31.9 Å². The molecule has 0 spiro atoms. The van der Waals surface area contributed by atoms with E-state index >= 15 is 0 Å². The van der Waals surface area contributed by atoms with Gasteiger partial charge in [-0.05, 0) is 48.5 Å². The second kappa shape index (κ2) is 9.66. The molecule has 0 saturated carbocycles. The molecule has 3 rings (SSSR count). The molecule has 9 heteroatoms. The van der Waals surface area contributed by atoms with E-state index in [0.717, 1.165) is 0 Å². The van der Waals surface area contributed by atoms with Crippen molar-refractivity contribution in [1.82, 2.24) is 5.32 Å². The highest BCUT2D eigenvalue weighted by atomic mass is 19.4. The summed E-state index contributed by atoms with van der Waals surface area (Å²) < 4.78 is 46.5. The molecule has 31 heavy (non-hydrogen) atoms. The normalized spacial score (nSPS) is 11.6. The highest BCUT2D eigenvalue weighted by Crippen LogP contribution is 2.20. The van der Waals surface area contributed by atoms with Crippen molar-refractivity contribution in [1.29, 1.82) is 0 Å². The van der Waals surface area contributed by atoms with E-state index in [4.69, 9.17) is 4.42 Å². The number of carbonyl (C=O) groups excluding carboxylic acids is 2. The smallest absolute Gasteiger partial charge is 0.422 e. The number of nitrogens with one attached hydrogen (secondary N) is 2. The van der Waals surface area contributed by atoms with E-state index in [1.807, 2.05) is 0 Å². The summed E-state index contributed by atoms with van der Waals surface area (Å²) in [6.45, 7) is -1.42. The zero-order valence-corrected chi connectivity index (χ0v) is 16.0. The quantitative estimate of drug-likeness (QED) is 0.536. The maximum absolute atomic E-state index is 12.7. The monoisotopic (exact) mass is 430 g/mol. The molecule has 0 saturated heterocycles. The van der Waals surface area contributed by atoms with Crippen LogP contribution in [0.25, 0.3) is 6.08 Å². The van der Waals surface area contributed by atoms with Gasteiger partial charge in [-0.15, -0.1) is 0 Å². The van der Waals surface area contributed by atoms with E-state index in [1.165, 1.54) is 36.6 Å². The van der Waals surface area contributed by atoms with Crippen LogP contribution >= 0.6 is 0 Å². The average molecular weight is 430 g/mol. The third-order valence-corrected chi connectivity index (χ3v) is 3.87. The van der Waals surface area contributed by atoms with Crippen LogP contribution in [-0.4, -0.2) is 24.6 Å². The third-order valence-electron chi connectivity index (χ3n) is 3.87. The van der Waals surface area contributed by atoms with Gasteiger partial charge in [0.05, 0.1) is 6.26 Å². The van der Waals surface area contributed by atoms with Crippen LogP contribution in [0.4, 0.5) is 18.9 Å². The SMILES string of the molecule is O=C(Nc1ccc(OCC(F)(F)F)cc1)/C(=C/c1ccco1)NC(=O)c1ccccc1. The van der Waals surface area contributed by atoms with Gasteiger partial charge in [0.1, 0.15) is 17.2 Å². The Hall–Kier alpha value is -4.01. The lowest BCUT2D eigenvalue weighted by Gasteiger charge is -2.12. The molecular weight excluding hydrogens is 413 g/mol. The molecule has 2 amide bonds. The third kappa shape index (κ3) is 6.77. The van der Waals surface area contributed by atoms with E-state index in [2.05, 4.69) is 15.4 Å². The Morgan fingerprint density at radius 1 is 0.968 bits per heavy atom. The number of hydrogen-bond acceptors (Lipinski definition) is 4. The number of halogens is 3. The minimum absolute atomic E-state index is 0.000875. The molecular formula is C22H17F3N2O4. The van der Waals surface area contributed by atoms with Crippen molar-refractivity contribution in [2.45, 2.75) is 6.18 Å². The summed E-state index contributed by atoms with van der Waals surface area (Å²) in [6.07, 6.45) is -1.67. The number of ether oxygens (including phenoxy) is 1. The fourth-order valence-electron chi connectivity index (χ4n) is 2.46. The Balaban J connectivity index is 1.72. The molecule has 0 fully saturated rings. The van der Waals surface area contributed by atoms with Crippen molar-refractivity contribution in [3.63, 3.8) is 0 Å². The lowest BCUT2D eigenvalue weighted by atomic mass is 10.2. The van der Waals surface area contributed by atoms with Crippen molar-refractivity contribution >= 4 is 23.6 Å². The summed E-state index contributed by atoms with van der Waals surface area (Å²) in [4.78, 5) is 25.2. The summed E-state index contributed by atoms with van der Waals surface area (Å²) in [7, 11) is 0. The van der Waals surface area contributed by atoms with E-state index in [0.29, 0.717) is 17.0 Å². The Kier molecular flexibility index (Phi) is 6.76. The minimum atomic E-state index is -4.45. The van der Waals surface area contributed by atoms with Crippen molar-refractivity contribution in [3.8, 4) is 5.75 Å². The highest BCUT2D eigenvalue weighted by Gasteiger charge is 2.28. The molecule has 0 radical (unpaired) electrons. The number of alkyl halides is 3. The Labute approximate surface area is 175 Å². The van der Waals surface area contributed by atoms with Crippen molar-refractivity contribution in [2.24, 2.45) is 0 Å². The Morgan fingerprint density at radius 2 is 1.68 bits per heavy atom. The van der Waals surface area contributed by atoms with E-state index in [1.54, 1.807) is 42.5 Å². The number of furan rings is 1. The van der Waals surface area contributed by atoms with Crippen LogP contribution in [-0.2, 0) is 4.79 Å². The first-order valence-corrected chi connectivity index (χ1v) is 9.03. The van der Waals surface area contributed by atoms with Gasteiger partial charge < -0.3 is 19.8 Å². The fraction of sp³-hybridized carbons (Fsp3) is 0.0909. The van der Waals surface area contributed by atoms with Gasteiger partial charge >= 0.3 is 6.18 Å². The molecule has 1 aromatic heterocycles. The van der Waals surface area contributed by atoms with Gasteiger partial charge in [-0.3, -0.25) is 9.59 Å². The first-order chi connectivity index (χ1) is 14.8. The fourth-order valence-corrected chi connectivity index (χ4v) is 2.46. The standard InChI is InChI=1S/C22H17F3N2O4/c23-22(24,25)14-31-17-10-8-16(9-11-17)26-21(29)19(13-18-7-4-12-30-18)27-20(28)15-5-2-1-3-6-15/h1-13H,14H2,(H,26,29)(H,27,28)/b19-13-. The molecule has 1 heterocycles. The van der Waals surface area contributed by atoms with Crippen LogP contribution in [0.2, 0.25) is 0 Å². The second-order valence-electron chi connectivity index (χ2n) is 6.28. The van der Waals surface area contributed by atoms with Gasteiger partial charge in [-0.1, -0.05) is 18.2 Å². The van der Waals surface area contributed by atoms with Gasteiger partial charge in [-0.2, -0.15) is 13.2 Å². The second-order valence-corrected chi connectivity index (χ2v) is 6.28. The van der Waals surface area contributed by atoms with Crippen LogP contribution in [0.15, 0.2) is 83.1 Å². The highest BCUT2D eigenvalue weighted by molar-refractivity contribution is 6.10. The zero-order chi connectivity index (χ0) is 22.3. The molecule has 2 aromatic carbocycles. The Morgan fingerprint density at radius 3 is 2.29 bits per heavy atom. The van der Waals surface area contributed by atoms with E-state index in [-0.39, 0.29) is 11.4 Å². The van der Waals surface area contributed by atoms with Crippen LogP contribution in [0.1, 0.15) is 16.1 Å². The number of hydrogen-bond donors (Lipinski definition) is 2. The first kappa shape index (κ1) is 21.7. The van der Waals surface area contributed by atoms with Gasteiger partial charge in [0.2, 0.25) is 0 Å². The maximum atomic E-state index is 12.7. The first-order valence-electron chi connectivity index (χ1n) is 9.03. The molecule has 0 atom stereocenters. The number of carbonyl (C=O) groups is 2. The summed E-state index contributed by atoms with van der Waals surface area (Å²) in [5.74, 6) is -0.803. The predicted molar refractivity (Wildman–Crippen MR) is 107 cm³/mol. The summed E-state index contributed by atoms with van der Waals surface area (Å²) in [5, 5.41) is 5.11. The molecule has 0 aliphatic heterocycles. The lowest BCUT2D eigenvalue weighted by molar-refractivity contribution is -0.153. The Bertz CT molecular complexity index is 1040. The van der Waals surface area contributed by atoms with E-state index < -0.39 is 24.6 Å². The molecule has 0 aliphatic rings. The van der Waals surface area contributed by atoms with Crippen LogP contribution in [0, 0.1) is 0 Å². The number of rotatable bonds is 7. The zero-order valence-electron chi connectivity index (χ0n) is 16.0. The minimum Gasteiger partial charge on any atom is -0.484 e. The summed E-state index contributed by atoms with van der Waals surface area (Å²) in [5.41, 5.74) is 0.566. The molecule has 3 aromatic rings. The maximum Gasteiger partial charge on any atom is 0.422 e. The average Bonchev–Trinajstić information content (AvgIpc) is 3.26. The number of benzene rings is 2. The molecule has 160 valence electrons. The van der Waals surface area contributed by atoms with Crippen molar-refractivity contribution in [2.75, 3.05) is 11.9 Å². The number of anilines is 1. The summed E-state index contributed by atoms with van der Waals surface area (Å²) >= 11 is 0. The van der Waals surface area contributed by atoms with Crippen LogP contribution < -0.4 is 15.4 Å². The topological polar surface area (TPSA) is 80.6 Å². The lowest BCUT2D eigenvalue weighted by Crippen LogP contribution is -2.30. The molecule has 2 N–H and O–H groups in total.